The third-order valence-electron chi connectivity index (χ3n) is 9.55. The summed E-state index contributed by atoms with van der Waals surface area (Å²) in [4.78, 5) is 17.9. The second kappa shape index (κ2) is 11.3. The molecule has 4 saturated heterocycles. The average molecular weight is 571 g/mol. The van der Waals surface area contributed by atoms with Crippen molar-refractivity contribution in [1.29, 1.82) is 0 Å². The first-order valence-electron chi connectivity index (χ1n) is 15.3. The maximum absolute atomic E-state index is 12.9. The molecule has 4 aromatic rings. The topological polar surface area (TPSA) is 49.7 Å². The van der Waals surface area contributed by atoms with Crippen LogP contribution in [0.1, 0.15) is 48.5 Å². The van der Waals surface area contributed by atoms with Crippen molar-refractivity contribution in [3.8, 4) is 5.75 Å². The molecule has 4 aliphatic rings. The molecule has 1 atom stereocenters. The van der Waals surface area contributed by atoms with E-state index < -0.39 is 0 Å². The molecular formula is C34H39ClN4O2. The number of hydrogen-bond acceptors (Lipinski definition) is 4. The zero-order valence-corrected chi connectivity index (χ0v) is 24.6. The number of nitrogens with zero attached hydrogens (tertiary/aromatic N) is 3. The quantitative estimate of drug-likeness (QED) is 0.282. The second-order valence-corrected chi connectivity index (χ2v) is 12.5. The van der Waals surface area contributed by atoms with Crippen LogP contribution in [0.25, 0.3) is 21.8 Å². The highest BCUT2D eigenvalue weighted by Crippen LogP contribution is 2.32. The second-order valence-electron chi connectivity index (χ2n) is 12.1. The monoisotopic (exact) mass is 570 g/mol. The van der Waals surface area contributed by atoms with Crippen LogP contribution >= 0.6 is 11.6 Å². The van der Waals surface area contributed by atoms with Crippen LogP contribution in [0, 0.1) is 5.92 Å². The molecule has 214 valence electrons. The fourth-order valence-corrected chi connectivity index (χ4v) is 7.51. The number of benzene rings is 3. The van der Waals surface area contributed by atoms with E-state index >= 15 is 0 Å². The van der Waals surface area contributed by atoms with E-state index in [1.807, 2.05) is 12.1 Å². The standard InChI is InChI=1S/C34H39ClN4O2/c1-2-39-31-6-4-3-5-27(31)28-19-23(7-9-32(28)39)21-37-17-13-26(14-18-37)41-33-10-8-25(20-29(33)35)34(40)36-30-22-38-15-11-24(30)12-16-38/h3-10,19-20,24,26,30H,2,11-18,21-22H2,1H3,(H,36,40). The summed E-state index contributed by atoms with van der Waals surface area (Å²) < 4.78 is 8.73. The van der Waals surface area contributed by atoms with Gasteiger partial charge < -0.3 is 19.5 Å². The molecule has 7 heteroatoms. The smallest absolute Gasteiger partial charge is 0.251 e. The number of carbonyl (C=O) groups excluding carboxylic acids is 1. The highest BCUT2D eigenvalue weighted by molar-refractivity contribution is 6.32. The molecule has 8 rings (SSSR count). The lowest BCUT2D eigenvalue weighted by molar-refractivity contribution is 0.0620. The van der Waals surface area contributed by atoms with Gasteiger partial charge in [-0.05, 0) is 93.6 Å². The van der Waals surface area contributed by atoms with Crippen LogP contribution in [0.3, 0.4) is 0 Å². The summed E-state index contributed by atoms with van der Waals surface area (Å²) in [6, 6.07) is 21.4. The van der Waals surface area contributed by atoms with Crippen molar-refractivity contribution >= 4 is 39.3 Å². The van der Waals surface area contributed by atoms with Gasteiger partial charge in [-0.1, -0.05) is 35.9 Å². The van der Waals surface area contributed by atoms with Crippen molar-refractivity contribution in [3.05, 3.63) is 76.8 Å². The Morgan fingerprint density at radius 2 is 1.71 bits per heavy atom. The summed E-state index contributed by atoms with van der Waals surface area (Å²) in [7, 11) is 0. The molecule has 0 aliphatic carbocycles. The van der Waals surface area contributed by atoms with E-state index in [4.69, 9.17) is 16.3 Å². The number of nitrogens with one attached hydrogen (secondary N) is 1. The Labute approximate surface area is 247 Å². The third-order valence-corrected chi connectivity index (χ3v) is 9.85. The van der Waals surface area contributed by atoms with Crippen molar-refractivity contribution in [2.75, 3.05) is 32.7 Å². The highest BCUT2D eigenvalue weighted by atomic mass is 35.5. The predicted molar refractivity (Wildman–Crippen MR) is 166 cm³/mol. The molecule has 3 aromatic carbocycles. The Hall–Kier alpha value is -3.06. The van der Waals surface area contributed by atoms with Gasteiger partial charge in [0.2, 0.25) is 0 Å². The largest absolute Gasteiger partial charge is 0.489 e. The molecule has 4 aliphatic heterocycles. The minimum absolute atomic E-state index is 0.0389. The van der Waals surface area contributed by atoms with E-state index in [1.165, 1.54) is 40.2 Å². The molecular weight excluding hydrogens is 532 g/mol. The zero-order chi connectivity index (χ0) is 27.9. The predicted octanol–water partition coefficient (Wildman–Crippen LogP) is 6.34. The molecule has 41 heavy (non-hydrogen) atoms. The Morgan fingerprint density at radius 1 is 0.927 bits per heavy atom. The van der Waals surface area contributed by atoms with E-state index in [1.54, 1.807) is 6.07 Å². The Morgan fingerprint density at radius 3 is 2.44 bits per heavy atom. The average Bonchev–Trinajstić information content (AvgIpc) is 3.32. The SMILES string of the molecule is CCn1c2ccccc2c2cc(CN3CCC(Oc4ccc(C(=O)NC5CN6CCC5CC6)cc4Cl)CC3)ccc21. The fourth-order valence-electron chi connectivity index (χ4n) is 7.28. The number of aryl methyl sites for hydroxylation is 1. The number of ether oxygens (including phenoxy) is 1. The fraction of sp³-hybridized carbons (Fsp3) is 0.441. The summed E-state index contributed by atoms with van der Waals surface area (Å²) in [6.45, 7) is 9.37. The first kappa shape index (κ1) is 26.8. The summed E-state index contributed by atoms with van der Waals surface area (Å²) >= 11 is 6.61. The van der Waals surface area contributed by atoms with Gasteiger partial charge in [-0.15, -0.1) is 0 Å². The third kappa shape index (κ3) is 5.33. The minimum atomic E-state index is -0.0389. The summed E-state index contributed by atoms with van der Waals surface area (Å²) in [6.07, 6.45) is 4.39. The number of para-hydroxylation sites is 1. The Bertz CT molecular complexity index is 1570. The van der Waals surface area contributed by atoms with Gasteiger partial charge in [0.25, 0.3) is 5.91 Å². The molecule has 1 aromatic heterocycles. The molecule has 6 nitrogen and oxygen atoms in total. The summed E-state index contributed by atoms with van der Waals surface area (Å²) in [5.74, 6) is 1.23. The molecule has 1 unspecified atom stereocenters. The number of amides is 1. The van der Waals surface area contributed by atoms with Crippen molar-refractivity contribution in [1.82, 2.24) is 19.7 Å². The van der Waals surface area contributed by atoms with Gasteiger partial charge in [0.15, 0.2) is 0 Å². The zero-order valence-electron chi connectivity index (χ0n) is 23.8. The normalized spacial score (nSPS) is 23.3. The van der Waals surface area contributed by atoms with Gasteiger partial charge in [-0.3, -0.25) is 9.69 Å². The Kier molecular flexibility index (Phi) is 7.40. The lowest BCUT2D eigenvalue weighted by Crippen LogP contribution is -2.57. The van der Waals surface area contributed by atoms with Crippen LogP contribution in [0.15, 0.2) is 60.7 Å². The molecule has 0 radical (unpaired) electrons. The number of fused-ring (bicyclic) bond motifs is 6. The van der Waals surface area contributed by atoms with Crippen LogP contribution in [0.5, 0.6) is 5.75 Å². The molecule has 2 bridgehead atoms. The summed E-state index contributed by atoms with van der Waals surface area (Å²) in [5.41, 5.74) is 4.57. The van der Waals surface area contributed by atoms with Gasteiger partial charge in [0.05, 0.1) is 5.02 Å². The lowest BCUT2D eigenvalue weighted by Gasteiger charge is -2.44. The van der Waals surface area contributed by atoms with Gasteiger partial charge in [-0.2, -0.15) is 0 Å². The Balaban J connectivity index is 0.947. The van der Waals surface area contributed by atoms with E-state index in [-0.39, 0.29) is 18.1 Å². The molecule has 0 saturated carbocycles. The van der Waals surface area contributed by atoms with Crippen LogP contribution in [-0.4, -0.2) is 65.1 Å². The van der Waals surface area contributed by atoms with Crippen molar-refractivity contribution < 1.29 is 9.53 Å². The summed E-state index contributed by atoms with van der Waals surface area (Å²) in [5, 5.41) is 6.44. The molecule has 1 amide bonds. The number of aromatic nitrogens is 1. The van der Waals surface area contributed by atoms with Gasteiger partial charge >= 0.3 is 0 Å². The van der Waals surface area contributed by atoms with E-state index in [2.05, 4.69) is 69.1 Å². The number of halogens is 1. The molecule has 4 fully saturated rings. The number of likely N-dealkylation sites (tertiary alicyclic amines) is 1. The minimum Gasteiger partial charge on any atom is -0.489 e. The van der Waals surface area contributed by atoms with Crippen molar-refractivity contribution in [2.45, 2.75) is 57.8 Å². The maximum atomic E-state index is 12.9. The molecule has 0 spiro atoms. The van der Waals surface area contributed by atoms with Crippen LogP contribution in [0.4, 0.5) is 0 Å². The lowest BCUT2D eigenvalue weighted by atomic mass is 9.84. The first-order valence-corrected chi connectivity index (χ1v) is 15.6. The van der Waals surface area contributed by atoms with Crippen molar-refractivity contribution in [3.63, 3.8) is 0 Å². The maximum Gasteiger partial charge on any atom is 0.251 e. The molecule has 5 heterocycles. The van der Waals surface area contributed by atoms with Crippen molar-refractivity contribution in [2.24, 2.45) is 5.92 Å². The van der Waals surface area contributed by atoms with Gasteiger partial charge in [0.1, 0.15) is 11.9 Å². The van der Waals surface area contributed by atoms with E-state index in [0.717, 1.165) is 58.7 Å². The van der Waals surface area contributed by atoms with Gasteiger partial charge in [0, 0.05) is 66.1 Å². The first-order chi connectivity index (χ1) is 20.1. The van der Waals surface area contributed by atoms with E-state index in [9.17, 15) is 4.79 Å². The number of hydrogen-bond donors (Lipinski definition) is 1. The highest BCUT2D eigenvalue weighted by Gasteiger charge is 2.35. The van der Waals surface area contributed by atoms with E-state index in [0.29, 0.717) is 22.3 Å². The van der Waals surface area contributed by atoms with Crippen LogP contribution in [-0.2, 0) is 13.1 Å². The number of piperidine rings is 4. The molecule has 1 N–H and O–H groups in total. The van der Waals surface area contributed by atoms with Gasteiger partial charge in [-0.25, -0.2) is 0 Å². The number of carbonyl (C=O) groups is 1. The number of rotatable bonds is 7. The van der Waals surface area contributed by atoms with Crippen LogP contribution < -0.4 is 10.1 Å². The van der Waals surface area contributed by atoms with Crippen LogP contribution in [0.2, 0.25) is 5.02 Å².